The quantitative estimate of drug-likeness (QED) is 0.257. The zero-order valence-electron chi connectivity index (χ0n) is 12.9. The predicted molar refractivity (Wildman–Crippen MR) is 90.1 cm³/mol. The second kappa shape index (κ2) is 7.23. The first-order chi connectivity index (χ1) is 11.4. The fourth-order valence-electron chi connectivity index (χ4n) is 1.98. The molecule has 0 bridgehead atoms. The highest BCUT2D eigenvalue weighted by Crippen LogP contribution is 2.16. The molecule has 6 heteroatoms. The van der Waals surface area contributed by atoms with Crippen LogP contribution in [0.4, 0.5) is 0 Å². The number of aromatic carboxylic acids is 1. The Labute approximate surface area is 138 Å². The first kappa shape index (κ1) is 17.0. The zero-order chi connectivity index (χ0) is 17.7. The lowest BCUT2D eigenvalue weighted by atomic mass is 10.1. The molecule has 2 rings (SSSR count). The summed E-state index contributed by atoms with van der Waals surface area (Å²) in [5, 5.41) is 16.2. The number of benzene rings is 2. The van der Waals surface area contributed by atoms with E-state index in [1.54, 1.807) is 43.3 Å². The van der Waals surface area contributed by atoms with E-state index in [2.05, 4.69) is 0 Å². The van der Waals surface area contributed by atoms with E-state index in [1.807, 2.05) is 0 Å². The van der Waals surface area contributed by atoms with Crippen molar-refractivity contribution >= 4 is 23.3 Å². The molecule has 0 aliphatic carbocycles. The molecule has 0 aromatic heterocycles. The molecule has 0 aliphatic heterocycles. The molecular weight excluding hydrogens is 308 g/mol. The molecule has 2 aromatic rings. The molecular formula is C18H16N2O4. The van der Waals surface area contributed by atoms with E-state index in [0.717, 1.165) is 5.56 Å². The number of nitrogen functional groups attached to an aromatic ring is 1. The lowest BCUT2D eigenvalue weighted by Gasteiger charge is -2.05. The van der Waals surface area contributed by atoms with Gasteiger partial charge in [-0.3, -0.25) is 5.41 Å². The monoisotopic (exact) mass is 324 g/mol. The minimum Gasteiger partial charge on any atom is -0.478 e. The SMILES string of the molecule is C/C(=C\C(=O)Oc1ccc(C(=N)N)cc1)c1ccc(C(=O)O)cc1. The normalized spacial score (nSPS) is 11.0. The van der Waals surface area contributed by atoms with Crippen LogP contribution in [0.1, 0.15) is 28.4 Å². The summed E-state index contributed by atoms with van der Waals surface area (Å²) >= 11 is 0. The third kappa shape index (κ3) is 4.30. The van der Waals surface area contributed by atoms with Gasteiger partial charge in [-0.15, -0.1) is 0 Å². The Morgan fingerprint density at radius 3 is 2.00 bits per heavy atom. The first-order valence-corrected chi connectivity index (χ1v) is 7.05. The van der Waals surface area contributed by atoms with Crippen molar-refractivity contribution in [1.29, 1.82) is 5.41 Å². The molecule has 122 valence electrons. The Morgan fingerprint density at radius 1 is 1.00 bits per heavy atom. The van der Waals surface area contributed by atoms with Crippen LogP contribution in [-0.4, -0.2) is 22.9 Å². The highest BCUT2D eigenvalue weighted by atomic mass is 16.5. The molecule has 6 nitrogen and oxygen atoms in total. The molecule has 0 spiro atoms. The lowest BCUT2D eigenvalue weighted by Crippen LogP contribution is -2.11. The number of nitrogens with two attached hydrogens (primary N) is 1. The summed E-state index contributed by atoms with van der Waals surface area (Å²) in [6.07, 6.45) is 1.33. The average molecular weight is 324 g/mol. The van der Waals surface area contributed by atoms with E-state index < -0.39 is 11.9 Å². The Hall–Kier alpha value is -3.41. The number of amidine groups is 1. The number of rotatable bonds is 5. The van der Waals surface area contributed by atoms with E-state index in [0.29, 0.717) is 16.9 Å². The van der Waals surface area contributed by atoms with E-state index in [9.17, 15) is 9.59 Å². The summed E-state index contributed by atoms with van der Waals surface area (Å²) in [6, 6.07) is 12.5. The molecule has 4 N–H and O–H groups in total. The van der Waals surface area contributed by atoms with Gasteiger partial charge in [-0.1, -0.05) is 12.1 Å². The minimum atomic E-state index is -1.00. The number of esters is 1. The average Bonchev–Trinajstić information content (AvgIpc) is 2.55. The molecule has 0 fully saturated rings. The number of nitrogens with one attached hydrogen (secondary N) is 1. The Bertz CT molecular complexity index is 806. The van der Waals surface area contributed by atoms with E-state index in [1.165, 1.54) is 18.2 Å². The van der Waals surface area contributed by atoms with Crippen LogP contribution in [0, 0.1) is 5.41 Å². The van der Waals surface area contributed by atoms with Crippen LogP contribution < -0.4 is 10.5 Å². The second-order valence-corrected chi connectivity index (χ2v) is 5.07. The van der Waals surface area contributed by atoms with Gasteiger partial charge in [-0.2, -0.15) is 0 Å². The molecule has 0 saturated carbocycles. The molecule has 0 saturated heterocycles. The third-order valence-electron chi connectivity index (χ3n) is 3.31. The smallest absolute Gasteiger partial charge is 0.336 e. The van der Waals surface area contributed by atoms with Crippen molar-refractivity contribution in [2.75, 3.05) is 0 Å². The maximum atomic E-state index is 11.9. The highest BCUT2D eigenvalue weighted by molar-refractivity contribution is 5.95. The largest absolute Gasteiger partial charge is 0.478 e. The van der Waals surface area contributed by atoms with Crippen LogP contribution in [0.5, 0.6) is 5.75 Å². The van der Waals surface area contributed by atoms with Gasteiger partial charge in [0, 0.05) is 11.6 Å². The lowest BCUT2D eigenvalue weighted by molar-refractivity contribution is -0.128. The van der Waals surface area contributed by atoms with Crippen molar-refractivity contribution < 1.29 is 19.4 Å². The van der Waals surface area contributed by atoms with E-state index in [4.69, 9.17) is 21.0 Å². The van der Waals surface area contributed by atoms with Gasteiger partial charge in [0.05, 0.1) is 5.56 Å². The van der Waals surface area contributed by atoms with Gasteiger partial charge in [0.2, 0.25) is 0 Å². The second-order valence-electron chi connectivity index (χ2n) is 5.07. The van der Waals surface area contributed by atoms with Crippen LogP contribution in [-0.2, 0) is 4.79 Å². The fourth-order valence-corrected chi connectivity index (χ4v) is 1.98. The maximum absolute atomic E-state index is 11.9. The summed E-state index contributed by atoms with van der Waals surface area (Å²) in [5.74, 6) is -1.27. The van der Waals surface area contributed by atoms with Gasteiger partial charge in [0.15, 0.2) is 0 Å². The molecule has 0 heterocycles. The van der Waals surface area contributed by atoms with Crippen molar-refractivity contribution in [1.82, 2.24) is 0 Å². The Morgan fingerprint density at radius 2 is 1.50 bits per heavy atom. The number of carbonyl (C=O) groups is 2. The predicted octanol–water partition coefficient (Wildman–Crippen LogP) is 2.68. The maximum Gasteiger partial charge on any atom is 0.336 e. The summed E-state index contributed by atoms with van der Waals surface area (Å²) in [7, 11) is 0. The Kier molecular flexibility index (Phi) is 5.11. The molecule has 0 radical (unpaired) electrons. The zero-order valence-corrected chi connectivity index (χ0v) is 12.9. The van der Waals surface area contributed by atoms with Gasteiger partial charge >= 0.3 is 11.9 Å². The summed E-state index contributed by atoms with van der Waals surface area (Å²) in [5.41, 5.74) is 7.45. The van der Waals surface area contributed by atoms with Crippen molar-refractivity contribution in [2.24, 2.45) is 5.73 Å². The van der Waals surface area contributed by atoms with E-state index >= 15 is 0 Å². The number of allylic oxidation sites excluding steroid dienone is 1. The van der Waals surface area contributed by atoms with Gasteiger partial charge in [-0.05, 0) is 54.5 Å². The molecule has 0 atom stereocenters. The molecule has 0 aliphatic rings. The number of carbonyl (C=O) groups excluding carboxylic acids is 1. The Balaban J connectivity index is 2.07. The topological polar surface area (TPSA) is 113 Å². The first-order valence-electron chi connectivity index (χ1n) is 7.05. The molecule has 0 amide bonds. The molecule has 24 heavy (non-hydrogen) atoms. The van der Waals surface area contributed by atoms with Crippen molar-refractivity contribution in [3.05, 3.63) is 71.3 Å². The van der Waals surface area contributed by atoms with E-state index in [-0.39, 0.29) is 11.4 Å². The number of hydrogen-bond acceptors (Lipinski definition) is 4. The van der Waals surface area contributed by atoms with Crippen molar-refractivity contribution in [2.45, 2.75) is 6.92 Å². The fraction of sp³-hybridized carbons (Fsp3) is 0.0556. The third-order valence-corrected chi connectivity index (χ3v) is 3.31. The molecule has 0 unspecified atom stereocenters. The standard InChI is InChI=1S/C18H16N2O4/c1-11(12-2-4-14(5-3-12)18(22)23)10-16(21)24-15-8-6-13(7-9-15)17(19)20/h2-10H,1H3,(H3,19,20)(H,22,23)/b11-10+. The number of ether oxygens (including phenoxy) is 1. The van der Waals surface area contributed by atoms with Crippen LogP contribution in [0.15, 0.2) is 54.6 Å². The van der Waals surface area contributed by atoms with Crippen LogP contribution in [0.25, 0.3) is 5.57 Å². The van der Waals surface area contributed by atoms with Gasteiger partial charge in [0.25, 0.3) is 0 Å². The van der Waals surface area contributed by atoms with Crippen LogP contribution >= 0.6 is 0 Å². The molecule has 2 aromatic carbocycles. The number of carboxylic acids is 1. The van der Waals surface area contributed by atoms with Gasteiger partial charge < -0.3 is 15.6 Å². The van der Waals surface area contributed by atoms with Gasteiger partial charge in [0.1, 0.15) is 11.6 Å². The summed E-state index contributed by atoms with van der Waals surface area (Å²) < 4.78 is 5.18. The van der Waals surface area contributed by atoms with Crippen LogP contribution in [0.3, 0.4) is 0 Å². The van der Waals surface area contributed by atoms with Crippen molar-refractivity contribution in [3.63, 3.8) is 0 Å². The van der Waals surface area contributed by atoms with Gasteiger partial charge in [-0.25, -0.2) is 9.59 Å². The summed E-state index contributed by atoms with van der Waals surface area (Å²) in [4.78, 5) is 22.7. The van der Waals surface area contributed by atoms with Crippen molar-refractivity contribution in [3.8, 4) is 5.75 Å². The number of carboxylic acid groups (broad SMARTS) is 1. The number of hydrogen-bond donors (Lipinski definition) is 3. The summed E-state index contributed by atoms with van der Waals surface area (Å²) in [6.45, 7) is 1.73. The minimum absolute atomic E-state index is 0.0616. The van der Waals surface area contributed by atoms with Crippen LogP contribution in [0.2, 0.25) is 0 Å². The highest BCUT2D eigenvalue weighted by Gasteiger charge is 2.06.